The Hall–Kier alpha value is -3.47. The molecule has 0 spiro atoms. The average molecular weight is 692 g/mol. The lowest BCUT2D eigenvalue weighted by atomic mass is 9.83. The van der Waals surface area contributed by atoms with Gasteiger partial charge in [0.2, 0.25) is 17.6 Å². The number of fused-ring (bicyclic) bond motifs is 1. The van der Waals surface area contributed by atoms with Crippen LogP contribution in [0.15, 0.2) is 30.3 Å². The van der Waals surface area contributed by atoms with E-state index in [9.17, 15) is 24.0 Å². The molecule has 5 aliphatic rings. The number of ether oxygens (including phenoxy) is 1. The summed E-state index contributed by atoms with van der Waals surface area (Å²) >= 11 is 0. The number of carbonyl (C=O) groups excluding carboxylic acids is 5. The van der Waals surface area contributed by atoms with Gasteiger partial charge in [-0.15, -0.1) is 0 Å². The summed E-state index contributed by atoms with van der Waals surface area (Å²) in [6.07, 6.45) is 12.8. The second kappa shape index (κ2) is 15.4. The Kier molecular flexibility index (Phi) is 11.2. The molecule has 1 aromatic rings. The van der Waals surface area contributed by atoms with Gasteiger partial charge in [-0.05, 0) is 66.8 Å². The monoisotopic (exact) mass is 691 g/mol. The van der Waals surface area contributed by atoms with Crippen molar-refractivity contribution in [1.82, 2.24) is 20.9 Å². The highest BCUT2D eigenvalue weighted by atomic mass is 16.5. The highest BCUT2D eigenvalue weighted by Crippen LogP contribution is 2.65. The molecule has 11 heteroatoms. The predicted octanol–water partition coefficient (Wildman–Crippen LogP) is 4.37. The van der Waals surface area contributed by atoms with Gasteiger partial charge in [0.05, 0.1) is 24.8 Å². The molecule has 4 saturated carbocycles. The van der Waals surface area contributed by atoms with Gasteiger partial charge < -0.3 is 31.3 Å². The molecule has 1 saturated heterocycles. The molecular formula is C39H57N5O6. The van der Waals surface area contributed by atoms with Crippen molar-refractivity contribution in [2.75, 3.05) is 13.2 Å². The standard InChI is InChI=1S/C39H57N5O6/c1-38(2)28-22-44(32(30(28)38)35(47)41-29(21-25-17-18-25)33(45)34(40)46)36(48)31(27-15-9-6-10-16-27)42-37(49)43-39(19-11-3-4-12-20-39)24-50-23-26-13-7-5-8-14-26/h5,7-8,13-14,25,27-32H,3-4,6,9-12,15-24H2,1-2H3,(H2,40,46)(H,41,47)(H2,42,43,49)/t28-,29?,30-,31-,32-/m0/s1. The third-order valence-electron chi connectivity index (χ3n) is 12.5. The first kappa shape index (κ1) is 36.3. The third-order valence-corrected chi connectivity index (χ3v) is 12.5. The van der Waals surface area contributed by atoms with Gasteiger partial charge in [0, 0.05) is 6.54 Å². The topological polar surface area (TPSA) is 160 Å². The fourth-order valence-corrected chi connectivity index (χ4v) is 9.26. The van der Waals surface area contributed by atoms with E-state index in [4.69, 9.17) is 10.5 Å². The molecular weight excluding hydrogens is 634 g/mol. The molecule has 50 heavy (non-hydrogen) atoms. The van der Waals surface area contributed by atoms with Crippen LogP contribution in [0.4, 0.5) is 4.79 Å². The number of hydrogen-bond acceptors (Lipinski definition) is 6. The molecule has 0 radical (unpaired) electrons. The second-order valence-electron chi connectivity index (χ2n) is 16.5. The van der Waals surface area contributed by atoms with E-state index >= 15 is 0 Å². The van der Waals surface area contributed by atoms with Gasteiger partial charge in [-0.2, -0.15) is 0 Å². The minimum absolute atomic E-state index is 0.0471. The molecule has 5 fully saturated rings. The van der Waals surface area contributed by atoms with Crippen LogP contribution in [0.2, 0.25) is 0 Å². The first-order valence-corrected chi connectivity index (χ1v) is 19.1. The minimum atomic E-state index is -1.07. The Morgan fingerprint density at radius 1 is 0.900 bits per heavy atom. The highest BCUT2D eigenvalue weighted by Gasteiger charge is 2.69. The van der Waals surface area contributed by atoms with Gasteiger partial charge >= 0.3 is 6.03 Å². The van der Waals surface area contributed by atoms with Crippen LogP contribution < -0.4 is 21.7 Å². The first-order valence-electron chi connectivity index (χ1n) is 19.1. The molecule has 1 aliphatic heterocycles. The van der Waals surface area contributed by atoms with Gasteiger partial charge in [0.1, 0.15) is 12.1 Å². The zero-order valence-electron chi connectivity index (χ0n) is 29.9. The van der Waals surface area contributed by atoms with Crippen LogP contribution in [0.1, 0.15) is 109 Å². The number of benzene rings is 1. The molecule has 1 unspecified atom stereocenters. The number of Topliss-reactive ketones (excluding diaryl/α,β-unsaturated/α-hetero) is 1. The number of primary amides is 1. The molecule has 4 aliphatic carbocycles. The van der Waals surface area contributed by atoms with Crippen molar-refractivity contribution in [2.45, 2.75) is 134 Å². The van der Waals surface area contributed by atoms with Crippen molar-refractivity contribution in [3.05, 3.63) is 35.9 Å². The van der Waals surface area contributed by atoms with E-state index in [1.807, 2.05) is 30.3 Å². The smallest absolute Gasteiger partial charge is 0.315 e. The number of nitrogens with one attached hydrogen (secondary N) is 3. The predicted molar refractivity (Wildman–Crippen MR) is 188 cm³/mol. The molecule has 274 valence electrons. The Labute approximate surface area is 296 Å². The molecule has 1 heterocycles. The lowest BCUT2D eigenvalue weighted by Crippen LogP contribution is -2.62. The summed E-state index contributed by atoms with van der Waals surface area (Å²) < 4.78 is 6.22. The van der Waals surface area contributed by atoms with Crippen molar-refractivity contribution in [1.29, 1.82) is 0 Å². The summed E-state index contributed by atoms with van der Waals surface area (Å²) in [7, 11) is 0. The van der Waals surface area contributed by atoms with E-state index in [0.29, 0.717) is 26.2 Å². The second-order valence-corrected chi connectivity index (χ2v) is 16.5. The molecule has 0 bridgehead atoms. The molecule has 5 amide bonds. The maximum Gasteiger partial charge on any atom is 0.315 e. The van der Waals surface area contributed by atoms with Gasteiger partial charge in [0.15, 0.2) is 0 Å². The van der Waals surface area contributed by atoms with Gasteiger partial charge in [0.25, 0.3) is 5.91 Å². The van der Waals surface area contributed by atoms with Crippen LogP contribution in [0.25, 0.3) is 0 Å². The maximum absolute atomic E-state index is 14.7. The number of urea groups is 1. The third kappa shape index (κ3) is 8.35. The maximum atomic E-state index is 14.7. The van der Waals surface area contributed by atoms with Crippen LogP contribution in [0.5, 0.6) is 0 Å². The largest absolute Gasteiger partial charge is 0.374 e. The fraction of sp³-hybridized carbons (Fsp3) is 0.718. The normalized spacial score (nSPS) is 26.8. The lowest BCUT2D eigenvalue weighted by molar-refractivity contribution is -0.144. The van der Waals surface area contributed by atoms with Crippen LogP contribution in [0.3, 0.4) is 0 Å². The summed E-state index contributed by atoms with van der Waals surface area (Å²) in [5.74, 6) is -2.25. The number of rotatable bonds is 14. The number of amides is 5. The minimum Gasteiger partial charge on any atom is -0.374 e. The number of carbonyl (C=O) groups is 5. The number of likely N-dealkylation sites (tertiary alicyclic amines) is 1. The number of piperidine rings is 1. The Balaban J connectivity index is 1.18. The molecule has 11 nitrogen and oxygen atoms in total. The van der Waals surface area contributed by atoms with E-state index in [1.54, 1.807) is 4.90 Å². The van der Waals surface area contributed by atoms with Gasteiger partial charge in [-0.1, -0.05) is 102 Å². The average Bonchev–Trinajstić information content (AvgIpc) is 3.98. The fourth-order valence-electron chi connectivity index (χ4n) is 9.26. The van der Waals surface area contributed by atoms with Gasteiger partial charge in [-0.3, -0.25) is 19.2 Å². The van der Waals surface area contributed by atoms with E-state index < -0.39 is 41.3 Å². The van der Waals surface area contributed by atoms with Crippen molar-refractivity contribution in [3.63, 3.8) is 0 Å². The quantitative estimate of drug-likeness (QED) is 0.168. The number of nitrogens with zero attached hydrogens (tertiary/aromatic N) is 1. The zero-order chi connectivity index (χ0) is 35.5. The van der Waals surface area contributed by atoms with E-state index in [2.05, 4.69) is 29.8 Å². The first-order chi connectivity index (χ1) is 24.0. The summed E-state index contributed by atoms with van der Waals surface area (Å²) in [5, 5.41) is 9.29. The van der Waals surface area contributed by atoms with Crippen LogP contribution >= 0.6 is 0 Å². The summed E-state index contributed by atoms with van der Waals surface area (Å²) in [6, 6.07) is 7.06. The zero-order valence-corrected chi connectivity index (χ0v) is 29.9. The Morgan fingerprint density at radius 3 is 2.20 bits per heavy atom. The lowest BCUT2D eigenvalue weighted by Gasteiger charge is -2.38. The number of nitrogens with two attached hydrogens (primary N) is 1. The molecule has 1 aromatic carbocycles. The van der Waals surface area contributed by atoms with E-state index in [0.717, 1.165) is 89.0 Å². The molecule has 5 atom stereocenters. The molecule has 6 rings (SSSR count). The number of ketones is 1. The molecule has 5 N–H and O–H groups in total. The SMILES string of the molecule is CC1(C)[C@@H]2[C@@H](C(=O)NC(CC3CC3)C(=O)C(N)=O)N(C(=O)[C@@H](NC(=O)NC3(COCc4ccccc4)CCCCCC3)C3CCCCC3)C[C@@H]21. The van der Waals surface area contributed by atoms with Crippen LogP contribution in [0, 0.1) is 29.1 Å². The summed E-state index contributed by atoms with van der Waals surface area (Å²) in [6.45, 7) is 5.47. The number of hydrogen-bond donors (Lipinski definition) is 4. The Morgan fingerprint density at radius 2 is 1.56 bits per heavy atom. The van der Waals surface area contributed by atoms with Crippen LogP contribution in [-0.4, -0.2) is 71.3 Å². The summed E-state index contributed by atoms with van der Waals surface area (Å²) in [4.78, 5) is 69.0. The summed E-state index contributed by atoms with van der Waals surface area (Å²) in [5.41, 5.74) is 5.76. The Bertz CT molecular complexity index is 1400. The van der Waals surface area contributed by atoms with Crippen molar-refractivity contribution in [3.8, 4) is 0 Å². The van der Waals surface area contributed by atoms with Crippen molar-refractivity contribution < 1.29 is 28.7 Å². The van der Waals surface area contributed by atoms with Gasteiger partial charge in [-0.25, -0.2) is 4.79 Å². The molecule has 0 aromatic heterocycles. The van der Waals surface area contributed by atoms with E-state index in [1.165, 1.54) is 0 Å². The highest BCUT2D eigenvalue weighted by molar-refractivity contribution is 6.37. The van der Waals surface area contributed by atoms with Crippen molar-refractivity contribution >= 4 is 29.5 Å². The van der Waals surface area contributed by atoms with Crippen LogP contribution in [-0.2, 0) is 30.5 Å². The van der Waals surface area contributed by atoms with E-state index in [-0.39, 0.29) is 41.0 Å². The van der Waals surface area contributed by atoms with Crippen molar-refractivity contribution in [2.24, 2.45) is 34.8 Å².